The lowest BCUT2D eigenvalue weighted by molar-refractivity contribution is -0.114. The van der Waals surface area contributed by atoms with Gasteiger partial charge in [-0.3, -0.25) is 4.79 Å². The van der Waals surface area contributed by atoms with E-state index >= 15 is 0 Å². The Balaban J connectivity index is 1.98. The lowest BCUT2D eigenvalue weighted by Crippen LogP contribution is -2.22. The Morgan fingerprint density at radius 3 is 2.64 bits per heavy atom. The highest BCUT2D eigenvalue weighted by Crippen LogP contribution is 2.27. The summed E-state index contributed by atoms with van der Waals surface area (Å²) >= 11 is 12.0. The predicted molar refractivity (Wildman–Crippen MR) is 91.3 cm³/mol. The van der Waals surface area contributed by atoms with Crippen LogP contribution < -0.4 is 15.4 Å². The lowest BCUT2D eigenvalue weighted by Gasteiger charge is -2.12. The molecule has 4 nitrogen and oxygen atoms in total. The zero-order valence-electron chi connectivity index (χ0n) is 12.2. The number of anilines is 2. The molecule has 22 heavy (non-hydrogen) atoms. The number of hydrogen-bond donors (Lipinski definition) is 2. The Labute approximate surface area is 139 Å². The summed E-state index contributed by atoms with van der Waals surface area (Å²) in [6, 6.07) is 10.5. The van der Waals surface area contributed by atoms with Crippen LogP contribution in [0.3, 0.4) is 0 Å². The van der Waals surface area contributed by atoms with Gasteiger partial charge in [0.25, 0.3) is 0 Å². The van der Waals surface area contributed by atoms with Gasteiger partial charge in [-0.15, -0.1) is 0 Å². The predicted octanol–water partition coefficient (Wildman–Crippen LogP) is 4.36. The second kappa shape index (κ2) is 7.38. The van der Waals surface area contributed by atoms with Crippen LogP contribution in [-0.4, -0.2) is 19.6 Å². The number of rotatable bonds is 5. The number of halogens is 2. The van der Waals surface area contributed by atoms with Crippen LogP contribution in [0.15, 0.2) is 36.4 Å². The molecule has 116 valence electrons. The quantitative estimate of drug-likeness (QED) is 0.851. The Kier molecular flexibility index (Phi) is 5.52. The molecule has 2 N–H and O–H groups in total. The molecular formula is C16H16Cl2N2O2. The fraction of sp³-hybridized carbons (Fsp3) is 0.188. The number of nitrogens with one attached hydrogen (secondary N) is 2. The third-order valence-electron chi connectivity index (χ3n) is 3.06. The Hall–Kier alpha value is -1.91. The number of carbonyl (C=O) groups is 1. The summed E-state index contributed by atoms with van der Waals surface area (Å²) in [4.78, 5) is 12.0. The van der Waals surface area contributed by atoms with E-state index in [0.717, 1.165) is 5.56 Å². The molecule has 0 aliphatic heterocycles. The van der Waals surface area contributed by atoms with Crippen molar-refractivity contribution in [3.63, 3.8) is 0 Å². The van der Waals surface area contributed by atoms with Gasteiger partial charge >= 0.3 is 0 Å². The maximum Gasteiger partial charge on any atom is 0.243 e. The molecule has 0 aliphatic carbocycles. The first-order chi connectivity index (χ1) is 10.5. The van der Waals surface area contributed by atoms with Gasteiger partial charge in [-0.2, -0.15) is 0 Å². The summed E-state index contributed by atoms with van der Waals surface area (Å²) in [5.41, 5.74) is 2.27. The van der Waals surface area contributed by atoms with Gasteiger partial charge in [0.05, 0.1) is 19.3 Å². The van der Waals surface area contributed by atoms with E-state index in [1.807, 2.05) is 13.0 Å². The van der Waals surface area contributed by atoms with Crippen LogP contribution in [0.1, 0.15) is 5.56 Å². The smallest absolute Gasteiger partial charge is 0.243 e. The number of hydrogen-bond acceptors (Lipinski definition) is 3. The first kappa shape index (κ1) is 16.5. The zero-order chi connectivity index (χ0) is 16.1. The third-order valence-corrected chi connectivity index (χ3v) is 3.70. The molecule has 0 aromatic heterocycles. The second-order valence-corrected chi connectivity index (χ2v) is 5.55. The van der Waals surface area contributed by atoms with Gasteiger partial charge in [-0.1, -0.05) is 29.3 Å². The van der Waals surface area contributed by atoms with Crippen LogP contribution in [0.25, 0.3) is 0 Å². The van der Waals surface area contributed by atoms with Crippen LogP contribution in [-0.2, 0) is 4.79 Å². The van der Waals surface area contributed by atoms with Crippen molar-refractivity contribution in [2.75, 3.05) is 24.3 Å². The van der Waals surface area contributed by atoms with Crippen molar-refractivity contribution in [3.05, 3.63) is 52.0 Å². The summed E-state index contributed by atoms with van der Waals surface area (Å²) < 4.78 is 5.21. The van der Waals surface area contributed by atoms with E-state index in [9.17, 15) is 4.79 Å². The van der Waals surface area contributed by atoms with Crippen LogP contribution in [0, 0.1) is 6.92 Å². The highest BCUT2D eigenvalue weighted by molar-refractivity contribution is 6.31. The van der Waals surface area contributed by atoms with E-state index in [1.165, 1.54) is 0 Å². The topological polar surface area (TPSA) is 50.4 Å². The molecule has 0 saturated heterocycles. The van der Waals surface area contributed by atoms with Crippen molar-refractivity contribution in [1.82, 2.24) is 0 Å². The second-order valence-electron chi connectivity index (χ2n) is 4.71. The van der Waals surface area contributed by atoms with Crippen LogP contribution in [0.5, 0.6) is 5.75 Å². The molecule has 0 aliphatic rings. The maximum atomic E-state index is 12.0. The average molecular weight is 339 g/mol. The molecule has 0 unspecified atom stereocenters. The first-order valence-electron chi connectivity index (χ1n) is 6.63. The van der Waals surface area contributed by atoms with E-state index in [4.69, 9.17) is 27.9 Å². The van der Waals surface area contributed by atoms with Crippen molar-refractivity contribution >= 4 is 40.5 Å². The van der Waals surface area contributed by atoms with E-state index in [2.05, 4.69) is 10.6 Å². The molecule has 2 aromatic carbocycles. The summed E-state index contributed by atoms with van der Waals surface area (Å²) in [7, 11) is 1.56. The number of amides is 1. The highest BCUT2D eigenvalue weighted by Gasteiger charge is 2.07. The number of methoxy groups -OCH3 is 1. The Morgan fingerprint density at radius 2 is 1.95 bits per heavy atom. The molecule has 0 spiro atoms. The van der Waals surface area contributed by atoms with E-state index in [0.29, 0.717) is 27.2 Å². The van der Waals surface area contributed by atoms with Gasteiger partial charge in [0.15, 0.2) is 0 Å². The van der Waals surface area contributed by atoms with Crippen molar-refractivity contribution in [3.8, 4) is 5.75 Å². The monoisotopic (exact) mass is 338 g/mol. The highest BCUT2D eigenvalue weighted by atomic mass is 35.5. The molecule has 2 rings (SSSR count). The van der Waals surface area contributed by atoms with E-state index in [1.54, 1.807) is 37.4 Å². The number of benzene rings is 2. The van der Waals surface area contributed by atoms with E-state index in [-0.39, 0.29) is 12.5 Å². The van der Waals surface area contributed by atoms with Gasteiger partial charge in [-0.25, -0.2) is 0 Å². The van der Waals surface area contributed by atoms with E-state index < -0.39 is 0 Å². The van der Waals surface area contributed by atoms with Crippen molar-refractivity contribution in [1.29, 1.82) is 0 Å². The minimum absolute atomic E-state index is 0.0855. The van der Waals surface area contributed by atoms with Crippen LogP contribution in [0.2, 0.25) is 10.0 Å². The molecule has 0 bridgehead atoms. The molecule has 0 heterocycles. The molecule has 2 aromatic rings. The maximum absolute atomic E-state index is 12.0. The molecule has 0 atom stereocenters. The molecule has 1 amide bonds. The molecule has 0 radical (unpaired) electrons. The van der Waals surface area contributed by atoms with Crippen molar-refractivity contribution in [2.45, 2.75) is 6.92 Å². The molecule has 6 heteroatoms. The summed E-state index contributed by atoms with van der Waals surface area (Å²) in [6.45, 7) is 1.99. The molecule has 0 fully saturated rings. The third kappa shape index (κ3) is 4.29. The molecular weight excluding hydrogens is 323 g/mol. The van der Waals surface area contributed by atoms with Gasteiger partial charge in [0.1, 0.15) is 5.75 Å². The normalized spacial score (nSPS) is 10.2. The Morgan fingerprint density at radius 1 is 1.18 bits per heavy atom. The molecule has 0 saturated carbocycles. The number of aryl methyl sites for hydroxylation is 1. The van der Waals surface area contributed by atoms with Crippen LogP contribution >= 0.6 is 23.2 Å². The van der Waals surface area contributed by atoms with Crippen molar-refractivity contribution in [2.24, 2.45) is 0 Å². The summed E-state index contributed by atoms with van der Waals surface area (Å²) in [5, 5.41) is 6.95. The van der Waals surface area contributed by atoms with Gasteiger partial charge in [-0.05, 0) is 42.8 Å². The fourth-order valence-electron chi connectivity index (χ4n) is 1.87. The SMILES string of the molecule is COc1ccc(Cl)cc1NCC(=O)Nc1ccc(C)c(Cl)c1. The van der Waals surface area contributed by atoms with Gasteiger partial charge in [0.2, 0.25) is 5.91 Å². The number of carbonyl (C=O) groups excluding carboxylic acids is 1. The minimum Gasteiger partial charge on any atom is -0.495 e. The lowest BCUT2D eigenvalue weighted by atomic mass is 10.2. The largest absolute Gasteiger partial charge is 0.495 e. The van der Waals surface area contributed by atoms with Crippen LogP contribution in [0.4, 0.5) is 11.4 Å². The minimum atomic E-state index is -0.193. The fourth-order valence-corrected chi connectivity index (χ4v) is 2.22. The first-order valence-corrected chi connectivity index (χ1v) is 7.38. The average Bonchev–Trinajstić information content (AvgIpc) is 2.49. The Bertz CT molecular complexity index is 690. The standard InChI is InChI=1S/C16H16Cl2N2O2/c1-10-3-5-12(8-13(10)18)20-16(21)9-19-14-7-11(17)4-6-15(14)22-2/h3-8,19H,9H2,1-2H3,(H,20,21). The summed E-state index contributed by atoms with van der Waals surface area (Å²) in [5.74, 6) is 0.428. The zero-order valence-corrected chi connectivity index (χ0v) is 13.8. The number of ether oxygens (including phenoxy) is 1. The van der Waals surface area contributed by atoms with Gasteiger partial charge < -0.3 is 15.4 Å². The van der Waals surface area contributed by atoms with Gasteiger partial charge in [0, 0.05) is 15.7 Å². The summed E-state index contributed by atoms with van der Waals surface area (Å²) in [6.07, 6.45) is 0. The van der Waals surface area contributed by atoms with Crippen molar-refractivity contribution < 1.29 is 9.53 Å².